The van der Waals surface area contributed by atoms with Crippen molar-refractivity contribution in [2.75, 3.05) is 40.8 Å². The Morgan fingerprint density at radius 3 is 2.53 bits per heavy atom. The van der Waals surface area contributed by atoms with Gasteiger partial charge in [-0.3, -0.25) is 4.90 Å². The normalized spacial score (nSPS) is 11.3. The zero-order valence-corrected chi connectivity index (χ0v) is 12.5. The molecule has 1 aromatic carbocycles. The van der Waals surface area contributed by atoms with Crippen LogP contribution in [0, 0.1) is 0 Å². The number of phenols is 1. The molecule has 0 radical (unpaired) electrons. The van der Waals surface area contributed by atoms with Gasteiger partial charge in [0, 0.05) is 6.54 Å². The molecule has 0 heterocycles. The highest BCUT2D eigenvalue weighted by Gasteiger charge is 2.07. The van der Waals surface area contributed by atoms with Crippen molar-refractivity contribution in [3.63, 3.8) is 0 Å². The number of hydrogen-bond donors (Lipinski definition) is 1. The molecular formula is C15H26N2O2. The Labute approximate surface area is 116 Å². The molecule has 0 spiro atoms. The summed E-state index contributed by atoms with van der Waals surface area (Å²) in [4.78, 5) is 4.60. The van der Waals surface area contributed by atoms with Gasteiger partial charge in [0.05, 0.1) is 7.11 Å². The third-order valence-electron chi connectivity index (χ3n) is 3.18. The van der Waals surface area contributed by atoms with Crippen LogP contribution in [0.3, 0.4) is 0 Å². The van der Waals surface area contributed by atoms with Gasteiger partial charge in [0.25, 0.3) is 0 Å². The van der Waals surface area contributed by atoms with Crippen LogP contribution in [0.25, 0.3) is 0 Å². The van der Waals surface area contributed by atoms with Crippen molar-refractivity contribution in [2.45, 2.75) is 19.9 Å². The zero-order chi connectivity index (χ0) is 14.3. The van der Waals surface area contributed by atoms with Crippen LogP contribution in [0.5, 0.6) is 11.5 Å². The maximum Gasteiger partial charge on any atom is 0.160 e. The molecule has 0 unspecified atom stereocenters. The zero-order valence-electron chi connectivity index (χ0n) is 12.5. The highest BCUT2D eigenvalue weighted by Crippen LogP contribution is 2.26. The number of ether oxygens (including phenoxy) is 1. The van der Waals surface area contributed by atoms with E-state index in [1.54, 1.807) is 13.2 Å². The summed E-state index contributed by atoms with van der Waals surface area (Å²) < 4.78 is 5.14. The van der Waals surface area contributed by atoms with E-state index in [2.05, 4.69) is 30.8 Å². The number of aromatic hydroxyl groups is 1. The number of rotatable bonds is 8. The van der Waals surface area contributed by atoms with Gasteiger partial charge >= 0.3 is 0 Å². The van der Waals surface area contributed by atoms with Gasteiger partial charge in [-0.1, -0.05) is 13.0 Å². The summed E-state index contributed by atoms with van der Waals surface area (Å²) >= 11 is 0. The lowest BCUT2D eigenvalue weighted by Gasteiger charge is -2.21. The molecule has 0 aliphatic rings. The van der Waals surface area contributed by atoms with Crippen LogP contribution in [0.1, 0.15) is 18.9 Å². The fraction of sp³-hybridized carbons (Fsp3) is 0.600. The number of phenolic OH excluding ortho intramolecular Hbond substituents is 1. The molecule has 0 amide bonds. The van der Waals surface area contributed by atoms with Gasteiger partial charge < -0.3 is 14.7 Å². The van der Waals surface area contributed by atoms with E-state index in [0.29, 0.717) is 5.75 Å². The van der Waals surface area contributed by atoms with Gasteiger partial charge in [-0.25, -0.2) is 0 Å². The molecule has 108 valence electrons. The van der Waals surface area contributed by atoms with Crippen molar-refractivity contribution >= 4 is 0 Å². The first-order valence-electron chi connectivity index (χ1n) is 6.79. The summed E-state index contributed by atoms with van der Waals surface area (Å²) in [6, 6.07) is 5.55. The summed E-state index contributed by atoms with van der Waals surface area (Å²) in [5, 5.41) is 9.58. The summed E-state index contributed by atoms with van der Waals surface area (Å²) in [5.74, 6) is 0.740. The highest BCUT2D eigenvalue weighted by molar-refractivity contribution is 5.41. The number of hydrogen-bond acceptors (Lipinski definition) is 4. The summed E-state index contributed by atoms with van der Waals surface area (Å²) in [6.45, 7) is 6.28. The molecule has 0 aliphatic heterocycles. The van der Waals surface area contributed by atoms with Crippen LogP contribution in [-0.4, -0.2) is 55.7 Å². The van der Waals surface area contributed by atoms with E-state index in [4.69, 9.17) is 4.74 Å². The predicted octanol–water partition coefficient (Wildman–Crippen LogP) is 2.17. The SMILES string of the molecule is CCN(CCCN(C)C)Cc1ccc(O)c(OC)c1. The first-order chi connectivity index (χ1) is 9.06. The van der Waals surface area contributed by atoms with Crippen molar-refractivity contribution in [3.8, 4) is 11.5 Å². The summed E-state index contributed by atoms with van der Waals surface area (Å²) in [6.07, 6.45) is 1.16. The van der Waals surface area contributed by atoms with Crippen molar-refractivity contribution in [3.05, 3.63) is 23.8 Å². The Morgan fingerprint density at radius 1 is 1.21 bits per heavy atom. The molecule has 0 saturated heterocycles. The lowest BCUT2D eigenvalue weighted by molar-refractivity contribution is 0.258. The Morgan fingerprint density at radius 2 is 1.95 bits per heavy atom. The predicted molar refractivity (Wildman–Crippen MR) is 78.8 cm³/mol. The van der Waals surface area contributed by atoms with E-state index < -0.39 is 0 Å². The molecule has 0 bridgehead atoms. The third-order valence-corrected chi connectivity index (χ3v) is 3.18. The molecule has 4 nitrogen and oxygen atoms in total. The maximum atomic E-state index is 9.58. The molecule has 0 fully saturated rings. The molecule has 1 aromatic rings. The molecule has 1 N–H and O–H groups in total. The van der Waals surface area contributed by atoms with Gasteiger partial charge in [-0.2, -0.15) is 0 Å². The molecule has 4 heteroatoms. The second kappa shape index (κ2) is 8.02. The first-order valence-corrected chi connectivity index (χ1v) is 6.79. The van der Waals surface area contributed by atoms with Crippen molar-refractivity contribution < 1.29 is 9.84 Å². The highest BCUT2D eigenvalue weighted by atomic mass is 16.5. The van der Waals surface area contributed by atoms with Crippen LogP contribution in [0.15, 0.2) is 18.2 Å². The Bertz CT molecular complexity index is 380. The molecular weight excluding hydrogens is 240 g/mol. The van der Waals surface area contributed by atoms with E-state index in [-0.39, 0.29) is 5.75 Å². The Balaban J connectivity index is 2.55. The van der Waals surface area contributed by atoms with Crippen LogP contribution in [-0.2, 0) is 6.54 Å². The minimum atomic E-state index is 0.196. The third kappa shape index (κ3) is 5.49. The van der Waals surface area contributed by atoms with E-state index in [9.17, 15) is 5.11 Å². The van der Waals surface area contributed by atoms with Crippen LogP contribution < -0.4 is 4.74 Å². The van der Waals surface area contributed by atoms with E-state index in [1.807, 2.05) is 12.1 Å². The van der Waals surface area contributed by atoms with Gasteiger partial charge in [0.1, 0.15) is 0 Å². The molecule has 0 aliphatic carbocycles. The van der Waals surface area contributed by atoms with Crippen molar-refractivity contribution in [1.29, 1.82) is 0 Å². The Kier molecular flexibility index (Phi) is 6.67. The quantitative estimate of drug-likeness (QED) is 0.782. The van der Waals surface area contributed by atoms with E-state index >= 15 is 0 Å². The smallest absolute Gasteiger partial charge is 0.160 e. The lowest BCUT2D eigenvalue weighted by atomic mass is 10.2. The van der Waals surface area contributed by atoms with E-state index in [1.165, 1.54) is 5.56 Å². The minimum absolute atomic E-state index is 0.196. The van der Waals surface area contributed by atoms with Gasteiger partial charge in [-0.05, 0) is 57.8 Å². The maximum absolute atomic E-state index is 9.58. The first kappa shape index (κ1) is 15.8. The number of methoxy groups -OCH3 is 1. The molecule has 1 rings (SSSR count). The Hall–Kier alpha value is -1.26. The topological polar surface area (TPSA) is 35.9 Å². The van der Waals surface area contributed by atoms with Gasteiger partial charge in [0.15, 0.2) is 11.5 Å². The van der Waals surface area contributed by atoms with Gasteiger partial charge in [0.2, 0.25) is 0 Å². The summed E-state index contributed by atoms with van der Waals surface area (Å²) in [5.41, 5.74) is 1.17. The van der Waals surface area contributed by atoms with Crippen LogP contribution in [0.2, 0.25) is 0 Å². The molecule has 19 heavy (non-hydrogen) atoms. The van der Waals surface area contributed by atoms with Crippen molar-refractivity contribution in [1.82, 2.24) is 9.80 Å². The second-order valence-corrected chi connectivity index (χ2v) is 5.03. The summed E-state index contributed by atoms with van der Waals surface area (Å²) in [7, 11) is 5.77. The van der Waals surface area contributed by atoms with Crippen LogP contribution in [0.4, 0.5) is 0 Å². The lowest BCUT2D eigenvalue weighted by Crippen LogP contribution is -2.26. The average Bonchev–Trinajstić information content (AvgIpc) is 2.39. The standard InChI is InChI=1S/C15H26N2O2/c1-5-17(10-6-9-16(2)3)12-13-7-8-14(18)15(11-13)19-4/h7-8,11,18H,5-6,9-10,12H2,1-4H3. The monoisotopic (exact) mass is 266 g/mol. The molecule has 0 aromatic heterocycles. The van der Waals surface area contributed by atoms with Gasteiger partial charge in [-0.15, -0.1) is 0 Å². The second-order valence-electron chi connectivity index (χ2n) is 5.03. The fourth-order valence-corrected chi connectivity index (χ4v) is 2.04. The molecule has 0 saturated carbocycles. The number of nitrogens with zero attached hydrogens (tertiary/aromatic N) is 2. The van der Waals surface area contributed by atoms with Crippen molar-refractivity contribution in [2.24, 2.45) is 0 Å². The molecule has 0 atom stereocenters. The van der Waals surface area contributed by atoms with Crippen LogP contribution >= 0.6 is 0 Å². The number of benzene rings is 1. The largest absolute Gasteiger partial charge is 0.504 e. The fourth-order valence-electron chi connectivity index (χ4n) is 2.04. The van der Waals surface area contributed by atoms with E-state index in [0.717, 1.165) is 32.6 Å². The minimum Gasteiger partial charge on any atom is -0.504 e. The average molecular weight is 266 g/mol.